The summed E-state index contributed by atoms with van der Waals surface area (Å²) in [7, 11) is -4.51. The van der Waals surface area contributed by atoms with E-state index in [4.69, 9.17) is 36.8 Å². The van der Waals surface area contributed by atoms with Gasteiger partial charge in [-0.15, -0.1) is 0 Å². The number of nitrogens with zero attached hydrogens (tertiary/aromatic N) is 1. The Hall–Kier alpha value is -1.27. The Balaban J connectivity index is 0. The summed E-state index contributed by atoms with van der Waals surface area (Å²) in [6, 6.07) is -0.820. The van der Waals surface area contributed by atoms with Crippen molar-refractivity contribution in [2.45, 2.75) is 122 Å². The minimum absolute atomic E-state index is 0.0129. The molecule has 0 aromatic heterocycles. The molecule has 12 nitrogen and oxygen atoms in total. The molecule has 0 rings (SSSR count). The van der Waals surface area contributed by atoms with Crippen LogP contribution in [0.3, 0.4) is 0 Å². The molecule has 0 aromatic carbocycles. The topological polar surface area (TPSA) is 224 Å². The normalized spacial score (nSPS) is 12.9. The molecule has 0 aliphatic carbocycles. The Morgan fingerprint density at radius 2 is 1.32 bits per heavy atom. The lowest BCUT2D eigenvalue weighted by molar-refractivity contribution is -0.138. The number of phosphoric ester groups is 1. The lowest BCUT2D eigenvalue weighted by atomic mass is 10.0. The van der Waals surface area contributed by atoms with Gasteiger partial charge in [0.1, 0.15) is 12.1 Å². The van der Waals surface area contributed by atoms with E-state index in [9.17, 15) is 14.5 Å². The highest BCUT2D eigenvalue weighted by molar-refractivity contribution is 7.46. The average molecular weight is 571 g/mol. The Kier molecular flexibility index (Phi) is 27.9. The van der Waals surface area contributed by atoms with Gasteiger partial charge < -0.3 is 41.9 Å². The molecule has 2 atom stereocenters. The zero-order valence-electron chi connectivity index (χ0n) is 23.3. The molecule has 13 heteroatoms. The summed E-state index contributed by atoms with van der Waals surface area (Å²) in [5.74, 6) is -0.987. The first-order chi connectivity index (χ1) is 18.0. The predicted octanol–water partition coefficient (Wildman–Crippen LogP) is 3.41. The van der Waals surface area contributed by atoms with Crippen LogP contribution in [0.2, 0.25) is 0 Å². The van der Waals surface area contributed by atoms with Crippen molar-refractivity contribution < 1.29 is 38.6 Å². The number of aliphatic hydroxyl groups excluding tert-OH is 1. The summed E-state index contributed by atoms with van der Waals surface area (Å²) < 4.78 is 20.0. The van der Waals surface area contributed by atoms with E-state index in [-0.39, 0.29) is 12.6 Å². The van der Waals surface area contributed by atoms with Crippen molar-refractivity contribution >= 4 is 19.8 Å². The summed E-state index contributed by atoms with van der Waals surface area (Å²) in [5.41, 5.74) is 15.3. The second kappa shape index (κ2) is 27.3. The third-order valence-corrected chi connectivity index (χ3v) is 6.16. The van der Waals surface area contributed by atoms with Crippen LogP contribution in [-0.4, -0.2) is 70.4 Å². The summed E-state index contributed by atoms with van der Waals surface area (Å²) >= 11 is 0. The minimum atomic E-state index is -4.51. The van der Waals surface area contributed by atoms with Gasteiger partial charge in [0.15, 0.2) is 5.96 Å². The summed E-state index contributed by atoms with van der Waals surface area (Å²) in [5, 5.41) is 17.8. The molecule has 10 N–H and O–H groups in total. The predicted molar refractivity (Wildman–Crippen MR) is 151 cm³/mol. The fraction of sp³-hybridized carbons (Fsp3) is 0.920. The van der Waals surface area contributed by atoms with Crippen LogP contribution in [0.25, 0.3) is 0 Å². The fourth-order valence-corrected chi connectivity index (χ4v) is 3.86. The number of carbonyl (C=O) groups is 1. The molecule has 0 heterocycles. The van der Waals surface area contributed by atoms with Crippen molar-refractivity contribution in [1.82, 2.24) is 0 Å². The van der Waals surface area contributed by atoms with Crippen LogP contribution >= 0.6 is 7.82 Å². The van der Waals surface area contributed by atoms with Gasteiger partial charge in [-0.05, 0) is 19.3 Å². The average Bonchev–Trinajstić information content (AvgIpc) is 2.84. The third kappa shape index (κ3) is 34.7. The maximum atomic E-state index is 10.5. The second-order valence-electron chi connectivity index (χ2n) is 9.50. The molecule has 0 spiro atoms. The summed E-state index contributed by atoms with van der Waals surface area (Å²) in [6.07, 6.45) is 18.2. The van der Waals surface area contributed by atoms with Crippen molar-refractivity contribution in [2.75, 3.05) is 26.4 Å². The van der Waals surface area contributed by atoms with Gasteiger partial charge in [0.25, 0.3) is 0 Å². The fourth-order valence-electron chi connectivity index (χ4n) is 3.49. The number of carboxylic acids is 1. The molecule has 38 heavy (non-hydrogen) atoms. The number of nitrogens with two attached hydrogens (primary N) is 3. The molecule has 0 aromatic rings. The quantitative estimate of drug-likeness (QED) is 0.0364. The van der Waals surface area contributed by atoms with E-state index < -0.39 is 32.5 Å². The third-order valence-electron chi connectivity index (χ3n) is 5.67. The van der Waals surface area contributed by atoms with Crippen molar-refractivity contribution in [3.63, 3.8) is 0 Å². The largest absolute Gasteiger partial charge is 0.480 e. The first-order valence-electron chi connectivity index (χ1n) is 14.0. The Morgan fingerprint density at radius 1 is 0.842 bits per heavy atom. The van der Waals surface area contributed by atoms with Crippen molar-refractivity contribution in [3.05, 3.63) is 0 Å². The second-order valence-corrected chi connectivity index (χ2v) is 10.7. The number of aliphatic carboxylic acids is 1. The van der Waals surface area contributed by atoms with Crippen LogP contribution in [0.15, 0.2) is 4.99 Å². The zero-order valence-corrected chi connectivity index (χ0v) is 24.2. The van der Waals surface area contributed by atoms with E-state index in [1.165, 1.54) is 77.0 Å². The number of aliphatic hydroxyl groups is 1. The van der Waals surface area contributed by atoms with Crippen LogP contribution < -0.4 is 17.2 Å². The van der Waals surface area contributed by atoms with Crippen LogP contribution in [-0.2, 0) is 18.6 Å². The molecule has 0 aliphatic heterocycles. The molecule has 0 bridgehead atoms. The van der Waals surface area contributed by atoms with Gasteiger partial charge >= 0.3 is 13.8 Å². The van der Waals surface area contributed by atoms with Gasteiger partial charge in [0.2, 0.25) is 0 Å². The number of hydrogen-bond acceptors (Lipinski definition) is 7. The SMILES string of the molecule is CCCCCCCCCCCCCCCCOCC(O)COP(=O)(O)O.NC(N)=NCCC[C@H](N)C(=O)O. The maximum Gasteiger partial charge on any atom is 0.469 e. The molecule has 1 unspecified atom stereocenters. The molecule has 0 aliphatic rings. The zero-order chi connectivity index (χ0) is 29.1. The van der Waals surface area contributed by atoms with Crippen molar-refractivity contribution in [2.24, 2.45) is 22.2 Å². The highest BCUT2D eigenvalue weighted by atomic mass is 31.2. The van der Waals surface area contributed by atoms with E-state index in [2.05, 4.69) is 16.4 Å². The van der Waals surface area contributed by atoms with Gasteiger partial charge in [-0.1, -0.05) is 90.4 Å². The van der Waals surface area contributed by atoms with Gasteiger partial charge in [-0.3, -0.25) is 14.3 Å². The molecular formula is C25H55N4O8P. The molecule has 0 saturated carbocycles. The number of hydrogen-bond donors (Lipinski definition) is 7. The van der Waals surface area contributed by atoms with Crippen LogP contribution in [0.1, 0.15) is 110 Å². The Morgan fingerprint density at radius 3 is 1.74 bits per heavy atom. The standard InChI is InChI=1S/C19H41O6P.C6H14N4O2/c1-2-3-4-5-6-7-8-9-10-11-12-13-14-15-16-24-17-19(20)18-25-26(21,22)23;7-4(5(11)12)2-1-3-10-6(8)9/h19-20H,2-18H2,1H3,(H2,21,22,23);4H,1-3,7H2,(H,11,12)(H4,8,9,10)/t;4-/m.0/s1. The Bertz CT molecular complexity index is 618. The lowest BCUT2D eigenvalue weighted by Gasteiger charge is -2.12. The number of rotatable bonds is 25. The van der Waals surface area contributed by atoms with Crippen LogP contribution in [0.4, 0.5) is 0 Å². The smallest absolute Gasteiger partial charge is 0.469 e. The first kappa shape index (κ1) is 38.9. The minimum Gasteiger partial charge on any atom is -0.480 e. The van der Waals surface area contributed by atoms with Crippen molar-refractivity contribution in [3.8, 4) is 0 Å². The van der Waals surface area contributed by atoms with E-state index >= 15 is 0 Å². The van der Waals surface area contributed by atoms with E-state index in [0.717, 1.165) is 12.8 Å². The molecule has 0 fully saturated rings. The van der Waals surface area contributed by atoms with Crippen molar-refractivity contribution in [1.29, 1.82) is 0 Å². The van der Waals surface area contributed by atoms with E-state index in [1.54, 1.807) is 0 Å². The number of guanidine groups is 1. The number of unbranched alkanes of at least 4 members (excludes halogenated alkanes) is 13. The summed E-state index contributed by atoms with van der Waals surface area (Å²) in [6.45, 7) is 2.86. The number of ether oxygens (including phenoxy) is 1. The Labute approximate surface area is 229 Å². The van der Waals surface area contributed by atoms with Gasteiger partial charge in [-0.2, -0.15) is 0 Å². The number of aliphatic imine (C=N–C) groups is 1. The van der Waals surface area contributed by atoms with E-state index in [1.807, 2.05) is 0 Å². The first-order valence-corrected chi connectivity index (χ1v) is 15.5. The molecule has 0 amide bonds. The van der Waals surface area contributed by atoms with Gasteiger partial charge in [0, 0.05) is 13.2 Å². The lowest BCUT2D eigenvalue weighted by Crippen LogP contribution is -2.30. The van der Waals surface area contributed by atoms with Crippen LogP contribution in [0.5, 0.6) is 0 Å². The van der Waals surface area contributed by atoms with Gasteiger partial charge in [0.05, 0.1) is 13.2 Å². The highest BCUT2D eigenvalue weighted by Gasteiger charge is 2.16. The molecule has 0 radical (unpaired) electrons. The van der Waals surface area contributed by atoms with Crippen LogP contribution in [0, 0.1) is 0 Å². The molecular weight excluding hydrogens is 515 g/mol. The maximum absolute atomic E-state index is 10.5. The van der Waals surface area contributed by atoms with Gasteiger partial charge in [-0.25, -0.2) is 4.57 Å². The highest BCUT2D eigenvalue weighted by Crippen LogP contribution is 2.35. The van der Waals surface area contributed by atoms with E-state index in [0.29, 0.717) is 26.0 Å². The summed E-state index contributed by atoms with van der Waals surface area (Å²) in [4.78, 5) is 30.9. The molecule has 228 valence electrons. The number of phosphoric acid groups is 1. The monoisotopic (exact) mass is 570 g/mol. The number of carboxylic acid groups (broad SMARTS) is 1. The molecule has 0 saturated heterocycles.